The summed E-state index contributed by atoms with van der Waals surface area (Å²) in [7, 11) is 0. The monoisotopic (exact) mass is 348 g/mol. The second-order valence-corrected chi connectivity index (χ2v) is 5.82. The predicted molar refractivity (Wildman–Crippen MR) is 84.8 cm³/mol. The maximum absolute atomic E-state index is 12.5. The van der Waals surface area contributed by atoms with Gasteiger partial charge in [0.05, 0.1) is 12.2 Å². The summed E-state index contributed by atoms with van der Waals surface area (Å²) in [4.78, 5) is 11.5. The summed E-state index contributed by atoms with van der Waals surface area (Å²) < 4.78 is 51.2. The third kappa shape index (κ3) is 5.88. The minimum absolute atomic E-state index is 0.0172. The van der Waals surface area contributed by atoms with Crippen LogP contribution in [0.3, 0.4) is 0 Å². The molecule has 1 unspecified atom stereocenters. The van der Waals surface area contributed by atoms with Crippen molar-refractivity contribution in [1.82, 2.24) is 14.9 Å². The fraction of sp³-hybridized carbons (Fsp3) is 0.733. The zero-order chi connectivity index (χ0) is 18.4. The van der Waals surface area contributed by atoms with Crippen LogP contribution in [0.2, 0.25) is 0 Å². The van der Waals surface area contributed by atoms with E-state index >= 15 is 0 Å². The Balaban J connectivity index is 1.77. The van der Waals surface area contributed by atoms with Crippen LogP contribution in [-0.4, -0.2) is 66.8 Å². The van der Waals surface area contributed by atoms with Gasteiger partial charge in [-0.05, 0) is 13.3 Å². The number of nitrogens with zero attached hydrogens (tertiary/aromatic N) is 4. The van der Waals surface area contributed by atoms with Crippen molar-refractivity contribution < 1.29 is 19.3 Å². The van der Waals surface area contributed by atoms with Gasteiger partial charge in [-0.2, -0.15) is 13.2 Å². The molecule has 1 fully saturated rings. The van der Waals surface area contributed by atoms with Gasteiger partial charge >= 0.3 is 6.18 Å². The Kier molecular flexibility index (Phi) is 6.22. The highest BCUT2D eigenvalue weighted by atomic mass is 19.4. The second kappa shape index (κ2) is 8.59. The molecule has 2 atom stereocenters. The molecular weight excluding hydrogens is 323 g/mol. The van der Waals surface area contributed by atoms with Crippen LogP contribution in [0.4, 0.5) is 19.1 Å². The van der Waals surface area contributed by atoms with E-state index in [-0.39, 0.29) is 18.5 Å². The van der Waals surface area contributed by atoms with Gasteiger partial charge < -0.3 is 15.4 Å². The zero-order valence-corrected chi connectivity index (χ0v) is 13.7. The normalized spacial score (nSPS) is 19.9. The molecule has 2 rings (SSSR count). The highest BCUT2D eigenvalue weighted by Crippen LogP contribution is 2.28. The molecule has 24 heavy (non-hydrogen) atoms. The maximum atomic E-state index is 12.5. The van der Waals surface area contributed by atoms with Crippen LogP contribution < -0.4 is 10.6 Å². The van der Waals surface area contributed by atoms with Gasteiger partial charge in [-0.1, -0.05) is 0 Å². The number of hydrogen-bond donors (Lipinski definition) is 1. The Bertz CT molecular complexity index is 521. The topological polar surface area (TPSA) is 67.5 Å². The second-order valence-electron chi connectivity index (χ2n) is 5.82. The fourth-order valence-electron chi connectivity index (χ4n) is 2.32. The molecule has 0 saturated carbocycles. The summed E-state index contributed by atoms with van der Waals surface area (Å²) >= 11 is 0. The number of alkyl halides is 3. The molecule has 1 aromatic heterocycles. The van der Waals surface area contributed by atoms with Crippen LogP contribution in [0.1, 0.15) is 20.3 Å². The lowest BCUT2D eigenvalue weighted by atomic mass is 10.3. The standard InChI is InChI=1S/C15H24F3N5O/c1-12(19)11-24-8-2-3-22-4-6-23(7-5-22)14-20-9-13(10-21-14)15(16,17)18/h9-10,12H,2-8,11,19H2,1H3/i3D/t3-,12?/m0/s1. The Morgan fingerprint density at radius 3 is 2.46 bits per heavy atom. The molecule has 0 aromatic carbocycles. The molecule has 9 heteroatoms. The summed E-state index contributed by atoms with van der Waals surface area (Å²) in [6.07, 6.45) is -2.24. The van der Waals surface area contributed by atoms with Gasteiger partial charge in [-0.3, -0.25) is 4.90 Å². The third-order valence-electron chi connectivity index (χ3n) is 3.59. The van der Waals surface area contributed by atoms with E-state index in [2.05, 4.69) is 9.97 Å². The summed E-state index contributed by atoms with van der Waals surface area (Å²) in [5, 5.41) is 0. The minimum atomic E-state index is -4.43. The average Bonchev–Trinajstić information content (AvgIpc) is 2.58. The van der Waals surface area contributed by atoms with Crippen LogP contribution in [0, 0.1) is 0 Å². The highest BCUT2D eigenvalue weighted by molar-refractivity contribution is 5.31. The lowest BCUT2D eigenvalue weighted by Gasteiger charge is -2.34. The first-order valence-electron chi connectivity index (χ1n) is 8.49. The number of nitrogens with two attached hydrogens (primary N) is 1. The van der Waals surface area contributed by atoms with E-state index in [1.165, 1.54) is 0 Å². The van der Waals surface area contributed by atoms with Crippen molar-refractivity contribution in [2.45, 2.75) is 25.6 Å². The van der Waals surface area contributed by atoms with Crippen LogP contribution in [0.25, 0.3) is 0 Å². The molecule has 1 aliphatic rings. The molecule has 0 spiro atoms. The molecule has 0 amide bonds. The van der Waals surface area contributed by atoms with Crippen molar-refractivity contribution in [1.29, 1.82) is 0 Å². The molecule has 2 N–H and O–H groups in total. The zero-order valence-electron chi connectivity index (χ0n) is 14.7. The molecular formula is C15H24F3N5O. The molecule has 2 heterocycles. The molecule has 1 aromatic rings. The third-order valence-corrected chi connectivity index (χ3v) is 3.59. The van der Waals surface area contributed by atoms with Gasteiger partial charge in [0.1, 0.15) is 0 Å². The molecule has 1 saturated heterocycles. The summed E-state index contributed by atoms with van der Waals surface area (Å²) in [5.41, 5.74) is 4.74. The van der Waals surface area contributed by atoms with E-state index in [1.54, 1.807) is 0 Å². The van der Waals surface area contributed by atoms with E-state index < -0.39 is 11.7 Å². The van der Waals surface area contributed by atoms with Crippen LogP contribution >= 0.6 is 0 Å². The average molecular weight is 348 g/mol. The highest BCUT2D eigenvalue weighted by Gasteiger charge is 2.31. The number of aromatic nitrogens is 2. The fourth-order valence-corrected chi connectivity index (χ4v) is 2.32. The molecule has 6 nitrogen and oxygen atoms in total. The lowest BCUT2D eigenvalue weighted by molar-refractivity contribution is -0.138. The number of ether oxygens (including phenoxy) is 1. The summed E-state index contributed by atoms with van der Waals surface area (Å²) in [6.45, 7) is 4.86. The Labute approximate surface area is 141 Å². The van der Waals surface area contributed by atoms with Crippen molar-refractivity contribution in [3.8, 4) is 0 Å². The number of halogens is 3. The van der Waals surface area contributed by atoms with Gasteiger partial charge in [-0.25, -0.2) is 9.97 Å². The van der Waals surface area contributed by atoms with Crippen LogP contribution in [0.15, 0.2) is 12.4 Å². The van der Waals surface area contributed by atoms with Crippen molar-refractivity contribution in [2.75, 3.05) is 50.8 Å². The molecule has 136 valence electrons. The quantitative estimate of drug-likeness (QED) is 0.751. The first-order chi connectivity index (χ1) is 11.8. The largest absolute Gasteiger partial charge is 0.419 e. The smallest absolute Gasteiger partial charge is 0.380 e. The van der Waals surface area contributed by atoms with Gasteiger partial charge in [0.15, 0.2) is 0 Å². The molecule has 0 radical (unpaired) electrons. The molecule has 0 bridgehead atoms. The van der Waals surface area contributed by atoms with E-state index in [9.17, 15) is 13.2 Å². The van der Waals surface area contributed by atoms with Gasteiger partial charge in [0.2, 0.25) is 5.95 Å². The van der Waals surface area contributed by atoms with Crippen LogP contribution in [-0.2, 0) is 10.9 Å². The number of anilines is 1. The Morgan fingerprint density at radius 2 is 1.92 bits per heavy atom. The SMILES string of the molecule is [2H][C@@H](CCOCC(C)N)N1CCN(c2ncc(C(F)(F)F)cn2)CC1. The van der Waals surface area contributed by atoms with Crippen molar-refractivity contribution in [3.63, 3.8) is 0 Å². The molecule has 1 aliphatic heterocycles. The lowest BCUT2D eigenvalue weighted by Crippen LogP contribution is -2.47. The number of hydrogen-bond acceptors (Lipinski definition) is 6. The van der Waals surface area contributed by atoms with Crippen LogP contribution in [0.5, 0.6) is 0 Å². The van der Waals surface area contributed by atoms with Crippen molar-refractivity contribution in [2.24, 2.45) is 5.73 Å². The van der Waals surface area contributed by atoms with E-state index in [4.69, 9.17) is 11.8 Å². The Hall–Kier alpha value is -1.45. The van der Waals surface area contributed by atoms with E-state index in [0.717, 1.165) is 12.4 Å². The maximum Gasteiger partial charge on any atom is 0.419 e. The Morgan fingerprint density at radius 1 is 1.29 bits per heavy atom. The van der Waals surface area contributed by atoms with Gasteiger partial charge in [0.25, 0.3) is 0 Å². The number of rotatable bonds is 7. The van der Waals surface area contributed by atoms with E-state index in [0.29, 0.717) is 45.8 Å². The van der Waals surface area contributed by atoms with Crippen molar-refractivity contribution >= 4 is 5.95 Å². The first kappa shape index (κ1) is 17.4. The minimum Gasteiger partial charge on any atom is -0.380 e. The number of piperazine rings is 1. The summed E-state index contributed by atoms with van der Waals surface area (Å²) in [5.74, 6) is 0.287. The van der Waals surface area contributed by atoms with Crippen molar-refractivity contribution in [3.05, 3.63) is 18.0 Å². The summed E-state index contributed by atoms with van der Waals surface area (Å²) in [6, 6.07) is -0.0172. The first-order valence-corrected chi connectivity index (χ1v) is 7.91. The van der Waals surface area contributed by atoms with Gasteiger partial charge in [0, 0.05) is 59.1 Å². The van der Waals surface area contributed by atoms with E-state index in [1.807, 2.05) is 16.7 Å². The van der Waals surface area contributed by atoms with Gasteiger partial charge in [-0.15, -0.1) is 0 Å². The molecule has 0 aliphatic carbocycles. The predicted octanol–water partition coefficient (Wildman–Crippen LogP) is 1.37.